The van der Waals surface area contributed by atoms with Crippen LogP contribution in [-0.4, -0.2) is 27.3 Å². The van der Waals surface area contributed by atoms with E-state index in [1.807, 2.05) is 0 Å². The first-order chi connectivity index (χ1) is 18.5. The van der Waals surface area contributed by atoms with Crippen LogP contribution >= 0.6 is 0 Å². The van der Waals surface area contributed by atoms with Gasteiger partial charge in [-0.3, -0.25) is 0 Å². The quantitative estimate of drug-likeness (QED) is 0.257. The van der Waals surface area contributed by atoms with Gasteiger partial charge in [-0.15, -0.1) is 0 Å². The van der Waals surface area contributed by atoms with Crippen LogP contribution in [0.2, 0.25) is 0 Å². The number of benzene rings is 3. The van der Waals surface area contributed by atoms with E-state index in [4.69, 9.17) is 9.47 Å². The van der Waals surface area contributed by atoms with Gasteiger partial charge in [0.1, 0.15) is 0 Å². The second-order valence-corrected chi connectivity index (χ2v) is 10.1. The molecule has 1 saturated carbocycles. The Balaban J connectivity index is 0.000000247. The van der Waals surface area contributed by atoms with Crippen LogP contribution in [0, 0.1) is 6.92 Å². The van der Waals surface area contributed by atoms with Gasteiger partial charge in [-0.2, -0.15) is 0 Å². The zero-order chi connectivity index (χ0) is 27.8. The van der Waals surface area contributed by atoms with Crippen molar-refractivity contribution in [2.24, 2.45) is 0 Å². The predicted octanol–water partition coefficient (Wildman–Crippen LogP) is 9.15. The van der Waals surface area contributed by atoms with Crippen molar-refractivity contribution in [2.45, 2.75) is 85.5 Å². The molecular weight excluding hydrogens is 466 g/mol. The van der Waals surface area contributed by atoms with Gasteiger partial charge >= 0.3 is 0 Å². The molecule has 0 aliphatic heterocycles. The number of hydrogen-bond acceptors (Lipinski definition) is 3. The lowest BCUT2D eigenvalue weighted by Gasteiger charge is -2.15. The van der Waals surface area contributed by atoms with Crippen molar-refractivity contribution in [1.82, 2.24) is 5.32 Å². The molecule has 3 aromatic rings. The van der Waals surface area contributed by atoms with Crippen LogP contribution in [0.15, 0.2) is 60.7 Å². The van der Waals surface area contributed by atoms with Crippen molar-refractivity contribution in [3.8, 4) is 22.6 Å². The Hall–Kier alpha value is -2.78. The van der Waals surface area contributed by atoms with E-state index in [-0.39, 0.29) is 0 Å². The molecule has 38 heavy (non-hydrogen) atoms. The molecule has 0 atom stereocenters. The molecule has 0 spiro atoms. The van der Waals surface area contributed by atoms with Gasteiger partial charge in [-0.25, -0.2) is 0 Å². The van der Waals surface area contributed by atoms with Crippen LogP contribution in [0.5, 0.6) is 11.5 Å². The predicted molar refractivity (Wildman–Crippen MR) is 165 cm³/mol. The molecule has 0 saturated heterocycles. The highest BCUT2D eigenvalue weighted by molar-refractivity contribution is 5.70. The molecule has 1 N–H and O–H groups in total. The Labute approximate surface area is 233 Å². The summed E-state index contributed by atoms with van der Waals surface area (Å²) in [6.07, 6.45) is 8.50. The summed E-state index contributed by atoms with van der Waals surface area (Å²) in [4.78, 5) is 0. The first-order valence-electron chi connectivity index (χ1n) is 14.6. The summed E-state index contributed by atoms with van der Waals surface area (Å²) < 4.78 is 11.1. The van der Waals surface area contributed by atoms with Crippen LogP contribution in [0.1, 0.15) is 88.0 Å². The normalized spacial score (nSPS) is 12.1. The minimum atomic E-state index is 0.628. The number of ether oxygens (including phenoxy) is 2. The van der Waals surface area contributed by atoms with Gasteiger partial charge in [0, 0.05) is 5.56 Å². The lowest BCUT2D eigenvalue weighted by molar-refractivity contribution is 0.352. The molecule has 0 heterocycles. The Morgan fingerprint density at radius 3 is 1.97 bits per heavy atom. The monoisotopic (exact) mass is 517 g/mol. The van der Waals surface area contributed by atoms with Gasteiger partial charge in [0.05, 0.1) is 14.2 Å². The number of nitrogens with one attached hydrogen (secondary N) is 1. The lowest BCUT2D eigenvalue weighted by Crippen LogP contribution is -2.14. The molecule has 208 valence electrons. The Bertz CT molecular complexity index is 1070. The summed E-state index contributed by atoms with van der Waals surface area (Å²) in [6, 6.07) is 21.8. The molecule has 0 radical (unpaired) electrons. The molecule has 1 aliphatic carbocycles. The maximum Gasteiger partial charge on any atom is 0.164 e. The van der Waals surface area contributed by atoms with Gasteiger partial charge in [0.2, 0.25) is 0 Å². The molecule has 0 aromatic heterocycles. The van der Waals surface area contributed by atoms with Gasteiger partial charge in [-0.1, -0.05) is 88.2 Å². The minimum absolute atomic E-state index is 0.628. The highest BCUT2D eigenvalue weighted by atomic mass is 16.5. The molecule has 4 rings (SSSR count). The zero-order valence-electron chi connectivity index (χ0n) is 25.0. The lowest BCUT2D eigenvalue weighted by atomic mass is 9.97. The summed E-state index contributed by atoms with van der Waals surface area (Å²) in [5.74, 6) is 2.36. The molecule has 3 heteroatoms. The summed E-state index contributed by atoms with van der Waals surface area (Å²) >= 11 is 0. The van der Waals surface area contributed by atoms with Crippen molar-refractivity contribution >= 4 is 0 Å². The van der Waals surface area contributed by atoms with Crippen molar-refractivity contribution < 1.29 is 9.47 Å². The number of methoxy groups -OCH3 is 2. The SMILES string of the molecule is CCCNCCC.CCCc1cccc(C)c1.CCc1cccc(-c2cc(OC)c(OC)c(C3CC3)c2)c1. The van der Waals surface area contributed by atoms with E-state index < -0.39 is 0 Å². The van der Waals surface area contributed by atoms with Crippen molar-refractivity contribution in [3.63, 3.8) is 0 Å². The molecule has 0 bridgehead atoms. The number of aryl methyl sites for hydroxylation is 3. The van der Waals surface area contributed by atoms with Crippen LogP contribution < -0.4 is 14.8 Å². The topological polar surface area (TPSA) is 30.5 Å². The molecule has 3 nitrogen and oxygen atoms in total. The molecular formula is C35H51NO2. The highest BCUT2D eigenvalue weighted by Crippen LogP contribution is 2.49. The van der Waals surface area contributed by atoms with E-state index in [1.165, 1.54) is 85.0 Å². The minimum Gasteiger partial charge on any atom is -0.493 e. The second kappa shape index (κ2) is 17.7. The Morgan fingerprint density at radius 1 is 0.737 bits per heavy atom. The first-order valence-corrected chi connectivity index (χ1v) is 14.6. The number of hydrogen-bond donors (Lipinski definition) is 1. The molecule has 3 aromatic carbocycles. The van der Waals surface area contributed by atoms with Crippen LogP contribution in [0.4, 0.5) is 0 Å². The number of rotatable bonds is 11. The van der Waals surface area contributed by atoms with Crippen molar-refractivity contribution in [3.05, 3.63) is 82.9 Å². The van der Waals surface area contributed by atoms with E-state index >= 15 is 0 Å². The summed E-state index contributed by atoms with van der Waals surface area (Å²) in [6.45, 7) is 13.2. The van der Waals surface area contributed by atoms with E-state index in [0.717, 1.165) is 17.9 Å². The second-order valence-electron chi connectivity index (χ2n) is 10.1. The van der Waals surface area contributed by atoms with E-state index in [2.05, 4.69) is 101 Å². The summed E-state index contributed by atoms with van der Waals surface area (Å²) in [7, 11) is 3.43. The van der Waals surface area contributed by atoms with Gasteiger partial charge in [-0.05, 0) is 98.8 Å². The third-order valence-electron chi connectivity index (χ3n) is 6.67. The fourth-order valence-electron chi connectivity index (χ4n) is 4.46. The zero-order valence-corrected chi connectivity index (χ0v) is 25.0. The van der Waals surface area contributed by atoms with Crippen molar-refractivity contribution in [1.29, 1.82) is 0 Å². The van der Waals surface area contributed by atoms with Crippen molar-refractivity contribution in [2.75, 3.05) is 27.3 Å². The maximum atomic E-state index is 5.58. The first kappa shape index (κ1) is 31.4. The van der Waals surface area contributed by atoms with Gasteiger partial charge in [0.25, 0.3) is 0 Å². The molecule has 0 unspecified atom stereocenters. The highest BCUT2D eigenvalue weighted by Gasteiger charge is 2.29. The Morgan fingerprint density at radius 2 is 1.42 bits per heavy atom. The Kier molecular flexibility index (Phi) is 14.6. The van der Waals surface area contributed by atoms with Gasteiger partial charge < -0.3 is 14.8 Å². The largest absolute Gasteiger partial charge is 0.493 e. The third kappa shape index (κ3) is 10.5. The standard InChI is InChI=1S/C19H22O2.C10H14.C6H15N/c1-4-13-6-5-7-15(10-13)16-11-17(14-8-9-14)19(21-3)18(12-16)20-2;1-3-5-10-7-4-6-9(2)8-10;1-3-5-7-6-4-2/h5-7,10-12,14H,4,8-9H2,1-3H3;4,6-8H,3,5H2,1-2H3;7H,3-6H2,1-2H3. The smallest absolute Gasteiger partial charge is 0.164 e. The average Bonchev–Trinajstić information content (AvgIpc) is 3.79. The van der Waals surface area contributed by atoms with E-state index in [0.29, 0.717) is 5.92 Å². The molecule has 1 aliphatic rings. The summed E-state index contributed by atoms with van der Waals surface area (Å²) in [5, 5.41) is 3.28. The van der Waals surface area contributed by atoms with Crippen LogP contribution in [-0.2, 0) is 12.8 Å². The van der Waals surface area contributed by atoms with E-state index in [9.17, 15) is 0 Å². The summed E-state index contributed by atoms with van der Waals surface area (Å²) in [5.41, 5.74) is 7.93. The molecule has 0 amide bonds. The van der Waals surface area contributed by atoms with Gasteiger partial charge in [0.15, 0.2) is 11.5 Å². The molecule has 1 fully saturated rings. The maximum absolute atomic E-state index is 5.58. The average molecular weight is 518 g/mol. The van der Waals surface area contributed by atoms with E-state index in [1.54, 1.807) is 14.2 Å². The van der Waals surface area contributed by atoms with Crippen LogP contribution in [0.25, 0.3) is 11.1 Å². The fourth-order valence-corrected chi connectivity index (χ4v) is 4.46. The van der Waals surface area contributed by atoms with Crippen LogP contribution in [0.3, 0.4) is 0 Å². The third-order valence-corrected chi connectivity index (χ3v) is 6.67. The fraction of sp³-hybridized carbons (Fsp3) is 0.486.